The van der Waals surface area contributed by atoms with Crippen molar-refractivity contribution < 1.29 is 13.6 Å². The Hall–Kier alpha value is -3.42. The second-order valence-corrected chi connectivity index (χ2v) is 6.78. The largest absolute Gasteiger partial charge is 0.366 e. The van der Waals surface area contributed by atoms with Crippen LogP contribution in [0.25, 0.3) is 11.1 Å². The Morgan fingerprint density at radius 3 is 2.50 bits per heavy atom. The molecule has 1 saturated carbocycles. The van der Waals surface area contributed by atoms with E-state index in [1.807, 2.05) is 12.1 Å². The van der Waals surface area contributed by atoms with E-state index >= 15 is 0 Å². The van der Waals surface area contributed by atoms with Crippen molar-refractivity contribution in [3.63, 3.8) is 0 Å². The molecule has 0 aliphatic heterocycles. The number of pyridine rings is 1. The van der Waals surface area contributed by atoms with Crippen LogP contribution < -0.4 is 11.1 Å². The van der Waals surface area contributed by atoms with E-state index in [0.717, 1.165) is 5.69 Å². The van der Waals surface area contributed by atoms with Crippen LogP contribution in [0.3, 0.4) is 0 Å². The molecule has 4 rings (SSSR count). The van der Waals surface area contributed by atoms with Gasteiger partial charge in [0.05, 0.1) is 11.2 Å². The summed E-state index contributed by atoms with van der Waals surface area (Å²) < 4.78 is 27.8. The minimum absolute atomic E-state index is 0.176. The fourth-order valence-corrected chi connectivity index (χ4v) is 3.36. The van der Waals surface area contributed by atoms with Crippen LogP contribution in [0.1, 0.15) is 28.9 Å². The average Bonchev–Trinajstić information content (AvgIpc) is 2.68. The van der Waals surface area contributed by atoms with Crippen LogP contribution in [0, 0.1) is 5.82 Å². The zero-order valence-corrected chi connectivity index (χ0v) is 14.8. The Labute approximate surface area is 159 Å². The molecule has 6 nitrogen and oxygen atoms in total. The molecule has 1 aliphatic carbocycles. The fourth-order valence-electron chi connectivity index (χ4n) is 3.36. The zero-order chi connectivity index (χ0) is 19.7. The monoisotopic (exact) mass is 381 g/mol. The molecule has 0 saturated heterocycles. The van der Waals surface area contributed by atoms with Gasteiger partial charge in [0.2, 0.25) is 11.9 Å². The Bertz CT molecular complexity index is 1000. The number of hydrogen-bond donors (Lipinski definition) is 2. The normalized spacial score (nSPS) is 21.0. The third-order valence-corrected chi connectivity index (χ3v) is 4.86. The molecule has 1 aromatic carbocycles. The number of nitrogens with zero attached hydrogens (tertiary/aromatic N) is 3. The van der Waals surface area contributed by atoms with Crippen LogP contribution in [0.15, 0.2) is 55.0 Å². The number of amides is 1. The second kappa shape index (κ2) is 6.95. The number of benzene rings is 1. The van der Waals surface area contributed by atoms with Crippen molar-refractivity contribution in [3.05, 3.63) is 72.1 Å². The van der Waals surface area contributed by atoms with E-state index in [1.54, 1.807) is 12.3 Å². The molecule has 0 spiro atoms. The van der Waals surface area contributed by atoms with Gasteiger partial charge in [0.1, 0.15) is 12.0 Å². The van der Waals surface area contributed by atoms with Crippen LogP contribution in [-0.4, -0.2) is 27.0 Å². The quantitative estimate of drug-likeness (QED) is 0.708. The molecular formula is C20H17F2N5O. The highest BCUT2D eigenvalue weighted by Gasteiger charge is 2.47. The number of primary amides is 1. The smallest absolute Gasteiger partial charge is 0.248 e. The molecule has 0 radical (unpaired) electrons. The lowest BCUT2D eigenvalue weighted by atomic mass is 9.72. The molecule has 0 unspecified atom stereocenters. The number of carbonyl (C=O) groups is 1. The number of nitrogens with one attached hydrogen (secondary N) is 1. The minimum atomic E-state index is -0.917. The summed E-state index contributed by atoms with van der Waals surface area (Å²) in [4.78, 5) is 24.1. The summed E-state index contributed by atoms with van der Waals surface area (Å²) in [5.41, 5.74) is 6.07. The number of aromatic nitrogens is 3. The van der Waals surface area contributed by atoms with Crippen molar-refractivity contribution in [2.45, 2.75) is 24.6 Å². The van der Waals surface area contributed by atoms with Gasteiger partial charge in [0.25, 0.3) is 0 Å². The molecule has 8 heteroatoms. The summed E-state index contributed by atoms with van der Waals surface area (Å²) in [6.45, 7) is 0. The number of anilines is 1. The molecule has 28 heavy (non-hydrogen) atoms. The number of nitrogens with two attached hydrogens (primary N) is 1. The molecule has 3 aromatic rings. The molecule has 2 heterocycles. The van der Waals surface area contributed by atoms with Gasteiger partial charge >= 0.3 is 0 Å². The van der Waals surface area contributed by atoms with Gasteiger partial charge in [0, 0.05) is 48.1 Å². The van der Waals surface area contributed by atoms with Gasteiger partial charge in [-0.25, -0.2) is 18.7 Å². The van der Waals surface area contributed by atoms with E-state index in [2.05, 4.69) is 20.3 Å². The summed E-state index contributed by atoms with van der Waals surface area (Å²) in [6, 6.07) is 9.32. The molecule has 142 valence electrons. The van der Waals surface area contributed by atoms with Crippen LogP contribution >= 0.6 is 0 Å². The molecule has 1 fully saturated rings. The topological polar surface area (TPSA) is 93.8 Å². The third-order valence-electron chi connectivity index (χ3n) is 4.86. The SMILES string of the molecule is NC(=O)c1ccc(F)c(-c2cnc(NC3(c4ccccn4)CC(F)C3)nc2)c1. The average molecular weight is 381 g/mol. The maximum Gasteiger partial charge on any atom is 0.248 e. The Kier molecular flexibility index (Phi) is 4.46. The van der Waals surface area contributed by atoms with Gasteiger partial charge in [-0.15, -0.1) is 0 Å². The Balaban J connectivity index is 1.60. The van der Waals surface area contributed by atoms with Gasteiger partial charge in [0.15, 0.2) is 0 Å². The van der Waals surface area contributed by atoms with Gasteiger partial charge in [-0.2, -0.15) is 0 Å². The first-order valence-corrected chi connectivity index (χ1v) is 8.72. The fraction of sp³-hybridized carbons (Fsp3) is 0.200. The van der Waals surface area contributed by atoms with E-state index in [9.17, 15) is 13.6 Å². The first-order valence-electron chi connectivity index (χ1n) is 8.72. The van der Waals surface area contributed by atoms with Gasteiger partial charge < -0.3 is 11.1 Å². The highest BCUT2D eigenvalue weighted by Crippen LogP contribution is 2.44. The van der Waals surface area contributed by atoms with Crippen molar-refractivity contribution in [2.24, 2.45) is 5.73 Å². The lowest BCUT2D eigenvalue weighted by molar-refractivity contribution is 0.1000. The third kappa shape index (κ3) is 3.28. The van der Waals surface area contributed by atoms with Crippen molar-refractivity contribution in [1.29, 1.82) is 0 Å². The lowest BCUT2D eigenvalue weighted by Gasteiger charge is -2.44. The molecule has 3 N–H and O–H groups in total. The number of halogens is 2. The van der Waals surface area contributed by atoms with E-state index < -0.39 is 23.4 Å². The highest BCUT2D eigenvalue weighted by molar-refractivity contribution is 5.94. The maximum atomic E-state index is 14.1. The highest BCUT2D eigenvalue weighted by atomic mass is 19.1. The lowest BCUT2D eigenvalue weighted by Crippen LogP contribution is -2.49. The predicted octanol–water partition coefficient (Wildman–Crippen LogP) is 3.22. The predicted molar refractivity (Wildman–Crippen MR) is 99.6 cm³/mol. The number of carbonyl (C=O) groups excluding carboxylic acids is 1. The van der Waals surface area contributed by atoms with Gasteiger partial charge in [-0.05, 0) is 30.3 Å². The van der Waals surface area contributed by atoms with E-state index in [0.29, 0.717) is 5.56 Å². The van der Waals surface area contributed by atoms with Crippen LogP contribution in [0.2, 0.25) is 0 Å². The van der Waals surface area contributed by atoms with Crippen molar-refractivity contribution in [3.8, 4) is 11.1 Å². The van der Waals surface area contributed by atoms with Crippen LogP contribution in [-0.2, 0) is 5.54 Å². The standard InChI is InChI=1S/C20H17F2N5O/c21-14-8-20(9-14,17-3-1-2-6-24-17)27-19-25-10-13(11-26-19)15-7-12(18(23)28)4-5-16(15)22/h1-7,10-11,14H,8-9H2,(H2,23,28)(H,25,26,27). The van der Waals surface area contributed by atoms with E-state index in [-0.39, 0.29) is 29.9 Å². The Morgan fingerprint density at radius 2 is 1.89 bits per heavy atom. The van der Waals surface area contributed by atoms with E-state index in [4.69, 9.17) is 5.73 Å². The van der Waals surface area contributed by atoms with Gasteiger partial charge in [-0.1, -0.05) is 6.07 Å². The molecule has 0 bridgehead atoms. The summed E-state index contributed by atoms with van der Waals surface area (Å²) in [6.07, 6.45) is 4.16. The molecular weight excluding hydrogens is 364 g/mol. The summed E-state index contributed by atoms with van der Waals surface area (Å²) >= 11 is 0. The molecule has 1 aliphatic rings. The maximum absolute atomic E-state index is 14.1. The van der Waals surface area contributed by atoms with Crippen LogP contribution in [0.4, 0.5) is 14.7 Å². The summed E-state index contributed by atoms with van der Waals surface area (Å²) in [5, 5.41) is 3.17. The minimum Gasteiger partial charge on any atom is -0.366 e. The van der Waals surface area contributed by atoms with Crippen molar-refractivity contribution in [2.75, 3.05) is 5.32 Å². The summed E-state index contributed by atoms with van der Waals surface area (Å²) in [7, 11) is 0. The first kappa shape index (κ1) is 18.0. The molecule has 0 atom stereocenters. The molecule has 1 amide bonds. The second-order valence-electron chi connectivity index (χ2n) is 6.78. The number of hydrogen-bond acceptors (Lipinski definition) is 5. The number of alkyl halides is 1. The zero-order valence-electron chi connectivity index (χ0n) is 14.8. The van der Waals surface area contributed by atoms with Crippen molar-refractivity contribution >= 4 is 11.9 Å². The van der Waals surface area contributed by atoms with Gasteiger partial charge in [-0.3, -0.25) is 9.78 Å². The number of rotatable bonds is 5. The molecule has 2 aromatic heterocycles. The van der Waals surface area contributed by atoms with Crippen LogP contribution in [0.5, 0.6) is 0 Å². The van der Waals surface area contributed by atoms with Crippen molar-refractivity contribution in [1.82, 2.24) is 15.0 Å². The van der Waals surface area contributed by atoms with E-state index in [1.165, 1.54) is 30.6 Å². The summed E-state index contributed by atoms with van der Waals surface area (Å²) in [5.74, 6) is -0.880. The first-order chi connectivity index (χ1) is 13.5. The Morgan fingerprint density at radius 1 is 1.14 bits per heavy atom.